The van der Waals surface area contributed by atoms with E-state index in [-0.39, 0.29) is 6.10 Å². The first-order valence-corrected chi connectivity index (χ1v) is 6.97. The minimum atomic E-state index is -0.201. The van der Waals surface area contributed by atoms with Crippen LogP contribution in [0.1, 0.15) is 24.6 Å². The molecule has 0 radical (unpaired) electrons. The van der Waals surface area contributed by atoms with Crippen molar-refractivity contribution < 1.29 is 5.11 Å². The summed E-state index contributed by atoms with van der Waals surface area (Å²) >= 11 is 0. The lowest BCUT2D eigenvalue weighted by Crippen LogP contribution is -2.24. The van der Waals surface area contributed by atoms with E-state index in [1.165, 1.54) is 5.56 Å². The van der Waals surface area contributed by atoms with Crippen molar-refractivity contribution in [1.82, 2.24) is 14.3 Å². The van der Waals surface area contributed by atoms with Gasteiger partial charge in [-0.2, -0.15) is 0 Å². The number of hydrogen-bond donors (Lipinski definition) is 1. The Balaban J connectivity index is 1.74. The molecule has 102 valence electrons. The zero-order chi connectivity index (χ0) is 13.4. The summed E-state index contributed by atoms with van der Waals surface area (Å²) in [4.78, 5) is 7.09. The fraction of sp³-hybridized carbons (Fsp3) is 0.533. The summed E-state index contributed by atoms with van der Waals surface area (Å²) in [6, 6.07) is 4.14. The lowest BCUT2D eigenvalue weighted by atomic mass is 10.0. The molecule has 1 aliphatic rings. The molecule has 2 aromatic rings. The molecule has 4 heteroatoms. The maximum Gasteiger partial charge on any atom is 0.139 e. The third kappa shape index (κ3) is 2.51. The van der Waals surface area contributed by atoms with E-state index < -0.39 is 0 Å². The summed E-state index contributed by atoms with van der Waals surface area (Å²) in [5.74, 6) is 0.416. The van der Waals surface area contributed by atoms with Crippen molar-refractivity contribution in [3.05, 3.63) is 35.8 Å². The zero-order valence-electron chi connectivity index (χ0n) is 11.6. The number of hydrogen-bond acceptors (Lipinski definition) is 3. The second-order valence-corrected chi connectivity index (χ2v) is 5.68. The first-order chi connectivity index (χ1) is 9.13. The molecule has 0 spiro atoms. The van der Waals surface area contributed by atoms with Gasteiger partial charge in [0, 0.05) is 25.5 Å². The molecule has 0 saturated carbocycles. The predicted molar refractivity (Wildman–Crippen MR) is 75.0 cm³/mol. The van der Waals surface area contributed by atoms with E-state index in [0.717, 1.165) is 37.4 Å². The summed E-state index contributed by atoms with van der Waals surface area (Å²) in [5.41, 5.74) is 3.36. The molecule has 0 aliphatic carbocycles. The van der Waals surface area contributed by atoms with Crippen LogP contribution in [0.5, 0.6) is 0 Å². The second kappa shape index (κ2) is 4.94. The van der Waals surface area contributed by atoms with E-state index in [4.69, 9.17) is 4.98 Å². The molecule has 1 fully saturated rings. The van der Waals surface area contributed by atoms with E-state index in [9.17, 15) is 5.11 Å². The molecule has 1 aliphatic heterocycles. The van der Waals surface area contributed by atoms with Crippen LogP contribution in [0.25, 0.3) is 5.65 Å². The molecule has 1 N–H and O–H groups in total. The summed E-state index contributed by atoms with van der Waals surface area (Å²) in [7, 11) is 0. The fourth-order valence-corrected chi connectivity index (χ4v) is 2.91. The van der Waals surface area contributed by atoms with Gasteiger partial charge in [0.25, 0.3) is 0 Å². The van der Waals surface area contributed by atoms with Crippen LogP contribution in [0.15, 0.2) is 24.5 Å². The molecule has 3 heterocycles. The Morgan fingerprint density at radius 1 is 1.53 bits per heavy atom. The number of aliphatic hydroxyl groups is 1. The molecule has 3 rings (SSSR count). The van der Waals surface area contributed by atoms with Crippen LogP contribution in [0.4, 0.5) is 0 Å². The average molecular weight is 259 g/mol. The third-order valence-electron chi connectivity index (χ3n) is 4.10. The largest absolute Gasteiger partial charge is 0.393 e. The Labute approximate surface area is 113 Å². The SMILES string of the molecule is Cc1cccn2cc(CN3CCC(C(C)O)C3)nc12. The summed E-state index contributed by atoms with van der Waals surface area (Å²) < 4.78 is 2.09. The smallest absolute Gasteiger partial charge is 0.139 e. The third-order valence-corrected chi connectivity index (χ3v) is 4.10. The number of aryl methyl sites for hydroxylation is 1. The summed E-state index contributed by atoms with van der Waals surface area (Å²) in [6.07, 6.45) is 5.04. The number of rotatable bonds is 3. The maximum absolute atomic E-state index is 9.64. The van der Waals surface area contributed by atoms with E-state index in [1.54, 1.807) is 0 Å². The van der Waals surface area contributed by atoms with Crippen LogP contribution in [-0.4, -0.2) is 38.6 Å². The predicted octanol–water partition coefficient (Wildman–Crippen LogP) is 1.85. The molecule has 2 aromatic heterocycles. The van der Waals surface area contributed by atoms with Crippen molar-refractivity contribution in [3.8, 4) is 0 Å². The highest BCUT2D eigenvalue weighted by Gasteiger charge is 2.26. The molecule has 0 aromatic carbocycles. The van der Waals surface area contributed by atoms with Gasteiger partial charge in [-0.15, -0.1) is 0 Å². The van der Waals surface area contributed by atoms with Crippen LogP contribution in [0, 0.1) is 12.8 Å². The lowest BCUT2D eigenvalue weighted by molar-refractivity contribution is 0.127. The van der Waals surface area contributed by atoms with Gasteiger partial charge in [0.05, 0.1) is 11.8 Å². The quantitative estimate of drug-likeness (QED) is 0.914. The molecule has 19 heavy (non-hydrogen) atoms. The second-order valence-electron chi connectivity index (χ2n) is 5.68. The molecule has 2 atom stereocenters. The van der Waals surface area contributed by atoms with Gasteiger partial charge < -0.3 is 9.51 Å². The highest BCUT2D eigenvalue weighted by molar-refractivity contribution is 5.47. The molecule has 2 unspecified atom stereocenters. The van der Waals surface area contributed by atoms with Crippen molar-refractivity contribution in [1.29, 1.82) is 0 Å². The number of aromatic nitrogens is 2. The van der Waals surface area contributed by atoms with E-state index in [1.807, 2.05) is 19.2 Å². The molecule has 1 saturated heterocycles. The van der Waals surface area contributed by atoms with Gasteiger partial charge in [0.1, 0.15) is 5.65 Å². The van der Waals surface area contributed by atoms with Gasteiger partial charge >= 0.3 is 0 Å². The standard InChI is InChI=1S/C15H21N3O/c1-11-4-3-6-18-10-14(16-15(11)18)9-17-7-5-13(8-17)12(2)19/h3-4,6,10,12-13,19H,5,7-9H2,1-2H3. The molecule has 4 nitrogen and oxygen atoms in total. The average Bonchev–Trinajstić information content (AvgIpc) is 2.96. The fourth-order valence-electron chi connectivity index (χ4n) is 2.91. The van der Waals surface area contributed by atoms with Crippen molar-refractivity contribution in [2.45, 2.75) is 32.9 Å². The number of imidazole rings is 1. The van der Waals surface area contributed by atoms with Crippen LogP contribution in [0.2, 0.25) is 0 Å². The number of nitrogens with zero attached hydrogens (tertiary/aromatic N) is 3. The van der Waals surface area contributed by atoms with Gasteiger partial charge in [-0.3, -0.25) is 4.90 Å². The van der Waals surface area contributed by atoms with Crippen LogP contribution < -0.4 is 0 Å². The van der Waals surface area contributed by atoms with Crippen LogP contribution in [0.3, 0.4) is 0 Å². The summed E-state index contributed by atoms with van der Waals surface area (Å²) in [6.45, 7) is 6.89. The van der Waals surface area contributed by atoms with Gasteiger partial charge in [-0.05, 0) is 44.4 Å². The Hall–Kier alpha value is -1.39. The first-order valence-electron chi connectivity index (χ1n) is 6.97. The lowest BCUT2D eigenvalue weighted by Gasteiger charge is -2.15. The van der Waals surface area contributed by atoms with Crippen molar-refractivity contribution in [2.75, 3.05) is 13.1 Å². The minimum absolute atomic E-state index is 0.201. The first kappa shape index (κ1) is 12.6. The number of pyridine rings is 1. The Morgan fingerprint density at radius 3 is 3.05 bits per heavy atom. The molecule has 0 amide bonds. The van der Waals surface area contributed by atoms with E-state index >= 15 is 0 Å². The highest BCUT2D eigenvalue weighted by Crippen LogP contribution is 2.21. The maximum atomic E-state index is 9.64. The van der Waals surface area contributed by atoms with Gasteiger partial charge in [-0.1, -0.05) is 6.07 Å². The van der Waals surface area contributed by atoms with Crippen molar-refractivity contribution in [2.24, 2.45) is 5.92 Å². The molecular formula is C15H21N3O. The Morgan fingerprint density at radius 2 is 2.37 bits per heavy atom. The van der Waals surface area contributed by atoms with Gasteiger partial charge in [-0.25, -0.2) is 4.98 Å². The minimum Gasteiger partial charge on any atom is -0.393 e. The monoisotopic (exact) mass is 259 g/mol. The van der Waals surface area contributed by atoms with Crippen LogP contribution >= 0.6 is 0 Å². The Kier molecular flexibility index (Phi) is 3.29. The van der Waals surface area contributed by atoms with Gasteiger partial charge in [0.15, 0.2) is 0 Å². The highest BCUT2D eigenvalue weighted by atomic mass is 16.3. The van der Waals surface area contributed by atoms with Crippen LogP contribution in [-0.2, 0) is 6.54 Å². The van der Waals surface area contributed by atoms with Gasteiger partial charge in [0.2, 0.25) is 0 Å². The summed E-state index contributed by atoms with van der Waals surface area (Å²) in [5, 5.41) is 9.64. The van der Waals surface area contributed by atoms with Crippen molar-refractivity contribution in [3.63, 3.8) is 0 Å². The van der Waals surface area contributed by atoms with E-state index in [0.29, 0.717) is 5.92 Å². The number of likely N-dealkylation sites (tertiary alicyclic amines) is 1. The topological polar surface area (TPSA) is 40.8 Å². The Bertz CT molecular complexity index is 576. The van der Waals surface area contributed by atoms with E-state index in [2.05, 4.69) is 28.5 Å². The normalized spacial score (nSPS) is 22.2. The molecular weight excluding hydrogens is 238 g/mol. The molecule has 0 bridgehead atoms. The number of fused-ring (bicyclic) bond motifs is 1. The van der Waals surface area contributed by atoms with Crippen molar-refractivity contribution >= 4 is 5.65 Å². The zero-order valence-corrected chi connectivity index (χ0v) is 11.6. The number of aliphatic hydroxyl groups excluding tert-OH is 1.